The first-order valence-electron chi connectivity index (χ1n) is 2.39. The van der Waals surface area contributed by atoms with Crippen LogP contribution in [-0.2, 0) is 0 Å². The Morgan fingerprint density at radius 3 is 2.33 bits per heavy atom. The smallest absolute Gasteiger partial charge is 0.205 e. The lowest BCUT2D eigenvalue weighted by molar-refractivity contribution is 0.110. The zero-order valence-corrected chi connectivity index (χ0v) is 6.50. The maximum absolute atomic E-state index is 9.88. The standard InChI is InChI=1S/C4H8BrNO3/c1-3(8)4(5,2-7)6-9/h3,7-8H,2H2,1H3. The summed E-state index contributed by atoms with van der Waals surface area (Å²) in [5, 5.41) is 19.7. The van der Waals surface area contributed by atoms with E-state index in [4.69, 9.17) is 10.2 Å². The van der Waals surface area contributed by atoms with Crippen molar-refractivity contribution in [3.63, 3.8) is 0 Å². The van der Waals surface area contributed by atoms with Crippen LogP contribution in [0.2, 0.25) is 0 Å². The highest BCUT2D eigenvalue weighted by Crippen LogP contribution is 2.22. The summed E-state index contributed by atoms with van der Waals surface area (Å²) in [6.07, 6.45) is -0.986. The third-order valence-corrected chi connectivity index (χ3v) is 2.07. The second kappa shape index (κ2) is 3.24. The molecule has 0 saturated carbocycles. The van der Waals surface area contributed by atoms with Crippen molar-refractivity contribution in [3.8, 4) is 0 Å². The van der Waals surface area contributed by atoms with Crippen molar-refractivity contribution in [2.75, 3.05) is 6.61 Å². The lowest BCUT2D eigenvalue weighted by atomic mass is 10.2. The average Bonchev–Trinajstić information content (AvgIpc) is 1.86. The van der Waals surface area contributed by atoms with Gasteiger partial charge in [0.05, 0.1) is 12.7 Å². The lowest BCUT2D eigenvalue weighted by Crippen LogP contribution is -2.35. The Morgan fingerprint density at radius 1 is 1.89 bits per heavy atom. The summed E-state index contributed by atoms with van der Waals surface area (Å²) >= 11 is 2.77. The Hall–Kier alpha value is 0. The third-order valence-electron chi connectivity index (χ3n) is 1.01. The number of alkyl halides is 1. The number of rotatable bonds is 3. The van der Waals surface area contributed by atoms with E-state index in [1.54, 1.807) is 0 Å². The van der Waals surface area contributed by atoms with E-state index in [9.17, 15) is 4.91 Å². The van der Waals surface area contributed by atoms with Crippen LogP contribution in [0.5, 0.6) is 0 Å². The molecule has 2 atom stereocenters. The minimum absolute atomic E-state index is 0.506. The molecule has 0 fully saturated rings. The molecule has 0 bridgehead atoms. The van der Waals surface area contributed by atoms with Gasteiger partial charge in [0, 0.05) is 0 Å². The first kappa shape index (κ1) is 9.00. The molecule has 0 aliphatic rings. The Morgan fingerprint density at radius 2 is 2.33 bits per heavy atom. The largest absolute Gasteiger partial charge is 0.393 e. The van der Waals surface area contributed by atoms with Crippen LogP contribution in [-0.4, -0.2) is 27.4 Å². The Kier molecular flexibility index (Phi) is 3.24. The van der Waals surface area contributed by atoms with Gasteiger partial charge in [-0.25, -0.2) is 0 Å². The van der Waals surface area contributed by atoms with Crippen LogP contribution in [0.25, 0.3) is 0 Å². The molecule has 0 aliphatic carbocycles. The predicted molar refractivity (Wildman–Crippen MR) is 36.2 cm³/mol. The minimum Gasteiger partial charge on any atom is -0.393 e. The fourth-order valence-corrected chi connectivity index (χ4v) is 0.237. The second-order valence-electron chi connectivity index (χ2n) is 1.74. The van der Waals surface area contributed by atoms with Gasteiger partial charge < -0.3 is 10.2 Å². The SMILES string of the molecule is CC(O)C(Br)(CO)N=O. The molecular formula is C4H8BrNO3. The van der Waals surface area contributed by atoms with Gasteiger partial charge in [0.15, 0.2) is 0 Å². The van der Waals surface area contributed by atoms with Crippen molar-refractivity contribution in [2.24, 2.45) is 5.18 Å². The van der Waals surface area contributed by atoms with E-state index in [-0.39, 0.29) is 0 Å². The van der Waals surface area contributed by atoms with E-state index in [1.165, 1.54) is 6.92 Å². The number of halogens is 1. The van der Waals surface area contributed by atoms with Crippen LogP contribution >= 0.6 is 15.9 Å². The molecule has 2 unspecified atom stereocenters. The lowest BCUT2D eigenvalue weighted by Gasteiger charge is -2.18. The summed E-state index contributed by atoms with van der Waals surface area (Å²) in [6.45, 7) is 0.862. The molecule has 0 amide bonds. The normalized spacial score (nSPS) is 20.4. The molecule has 54 valence electrons. The monoisotopic (exact) mass is 197 g/mol. The second-order valence-corrected chi connectivity index (χ2v) is 3.12. The summed E-state index contributed by atoms with van der Waals surface area (Å²) in [5.41, 5.74) is 0. The van der Waals surface area contributed by atoms with Crippen molar-refractivity contribution in [3.05, 3.63) is 4.91 Å². The van der Waals surface area contributed by atoms with Crippen LogP contribution in [0.15, 0.2) is 5.18 Å². The molecule has 0 aromatic rings. The summed E-state index contributed by atoms with van der Waals surface area (Å²) in [7, 11) is 0. The molecule has 0 aromatic heterocycles. The molecule has 0 heterocycles. The van der Waals surface area contributed by atoms with Crippen LogP contribution in [0.1, 0.15) is 6.92 Å². The van der Waals surface area contributed by atoms with E-state index in [0.29, 0.717) is 0 Å². The number of nitrogens with zero attached hydrogens (tertiary/aromatic N) is 1. The first-order valence-corrected chi connectivity index (χ1v) is 3.18. The Bertz CT molecular complexity index is 108. The molecule has 9 heavy (non-hydrogen) atoms. The zero-order chi connectivity index (χ0) is 7.49. The van der Waals surface area contributed by atoms with Crippen molar-refractivity contribution in [1.82, 2.24) is 0 Å². The molecule has 5 heteroatoms. The molecule has 0 aromatic carbocycles. The van der Waals surface area contributed by atoms with Crippen LogP contribution < -0.4 is 0 Å². The summed E-state index contributed by atoms with van der Waals surface area (Å²) in [4.78, 5) is 9.88. The summed E-state index contributed by atoms with van der Waals surface area (Å²) < 4.78 is -1.42. The van der Waals surface area contributed by atoms with Gasteiger partial charge in [-0.1, -0.05) is 0 Å². The van der Waals surface area contributed by atoms with Gasteiger partial charge in [0.2, 0.25) is 4.45 Å². The van der Waals surface area contributed by atoms with Crippen LogP contribution in [0.4, 0.5) is 0 Å². The molecule has 0 rings (SSSR count). The van der Waals surface area contributed by atoms with Crippen LogP contribution in [0.3, 0.4) is 0 Å². The summed E-state index contributed by atoms with van der Waals surface area (Å²) in [5.74, 6) is 0. The number of hydrogen-bond donors (Lipinski definition) is 2. The zero-order valence-electron chi connectivity index (χ0n) is 4.91. The molecular weight excluding hydrogens is 190 g/mol. The molecule has 0 aliphatic heterocycles. The van der Waals surface area contributed by atoms with Gasteiger partial charge in [0.25, 0.3) is 0 Å². The van der Waals surface area contributed by atoms with Crippen LogP contribution in [0, 0.1) is 4.91 Å². The van der Waals surface area contributed by atoms with Gasteiger partial charge in [-0.15, -0.1) is 4.91 Å². The molecule has 2 N–H and O–H groups in total. The summed E-state index contributed by atoms with van der Waals surface area (Å²) in [6, 6.07) is 0. The fraction of sp³-hybridized carbons (Fsp3) is 1.00. The van der Waals surface area contributed by atoms with Gasteiger partial charge in [-0.05, 0) is 28.0 Å². The Balaban J connectivity index is 4.08. The average molecular weight is 198 g/mol. The van der Waals surface area contributed by atoms with Gasteiger partial charge in [-0.2, -0.15) is 0 Å². The van der Waals surface area contributed by atoms with E-state index in [0.717, 1.165) is 0 Å². The fourth-order valence-electron chi connectivity index (χ4n) is 0.237. The Labute approximate surface area is 61.0 Å². The van der Waals surface area contributed by atoms with Gasteiger partial charge in [0.1, 0.15) is 0 Å². The van der Waals surface area contributed by atoms with E-state index >= 15 is 0 Å². The molecule has 4 nitrogen and oxygen atoms in total. The van der Waals surface area contributed by atoms with Crippen molar-refractivity contribution >= 4 is 15.9 Å². The molecule has 0 saturated heterocycles. The molecule has 0 radical (unpaired) electrons. The van der Waals surface area contributed by atoms with Gasteiger partial charge >= 0.3 is 0 Å². The van der Waals surface area contributed by atoms with Crippen molar-refractivity contribution in [2.45, 2.75) is 17.5 Å². The molecule has 0 spiro atoms. The number of nitroso groups, excluding NO2 is 1. The minimum atomic E-state index is -1.42. The van der Waals surface area contributed by atoms with Gasteiger partial charge in [-0.3, -0.25) is 0 Å². The van der Waals surface area contributed by atoms with E-state index in [1.807, 2.05) is 0 Å². The maximum atomic E-state index is 9.88. The third kappa shape index (κ3) is 2.00. The van der Waals surface area contributed by atoms with E-state index in [2.05, 4.69) is 21.1 Å². The van der Waals surface area contributed by atoms with Crippen molar-refractivity contribution in [1.29, 1.82) is 0 Å². The number of aliphatic hydroxyl groups excluding tert-OH is 2. The maximum Gasteiger partial charge on any atom is 0.205 e. The van der Waals surface area contributed by atoms with E-state index < -0.39 is 17.2 Å². The quantitative estimate of drug-likeness (QED) is 0.387. The highest BCUT2D eigenvalue weighted by Gasteiger charge is 2.32. The first-order chi connectivity index (χ1) is 4.06. The van der Waals surface area contributed by atoms with Crippen molar-refractivity contribution < 1.29 is 10.2 Å². The number of hydrogen-bond acceptors (Lipinski definition) is 4. The highest BCUT2D eigenvalue weighted by atomic mass is 79.9. The number of aliphatic hydroxyl groups is 2. The topological polar surface area (TPSA) is 69.9 Å². The highest BCUT2D eigenvalue weighted by molar-refractivity contribution is 9.10. The predicted octanol–water partition coefficient (Wildman–Crippen LogP) is 0.217.